The van der Waals surface area contributed by atoms with E-state index >= 15 is 0 Å². The molecule has 0 fully saturated rings. The molecule has 0 bridgehead atoms. The Balaban J connectivity index is 1.72. The van der Waals surface area contributed by atoms with Crippen LogP contribution in [0, 0.1) is 0 Å². The molecule has 0 aliphatic carbocycles. The molecule has 0 unspecified atom stereocenters. The fourth-order valence-electron chi connectivity index (χ4n) is 1.93. The van der Waals surface area contributed by atoms with Gasteiger partial charge in [-0.25, -0.2) is 0 Å². The molecule has 0 spiro atoms. The number of amides is 1. The van der Waals surface area contributed by atoms with E-state index in [1.165, 1.54) is 5.56 Å². The summed E-state index contributed by atoms with van der Waals surface area (Å²) in [6.07, 6.45) is 0. The number of hydrogen-bond donors (Lipinski definition) is 1. The quantitative estimate of drug-likeness (QED) is 0.853. The molecule has 0 saturated heterocycles. The number of rotatable bonds is 7. The third-order valence-corrected chi connectivity index (χ3v) is 4.02. The van der Waals surface area contributed by atoms with Gasteiger partial charge < -0.3 is 10.1 Å². The zero-order valence-corrected chi connectivity index (χ0v) is 12.9. The van der Waals surface area contributed by atoms with E-state index in [4.69, 9.17) is 4.74 Å². The van der Waals surface area contributed by atoms with Gasteiger partial charge in [-0.2, -0.15) is 0 Å². The van der Waals surface area contributed by atoms with E-state index in [1.807, 2.05) is 42.5 Å². The first-order chi connectivity index (χ1) is 10.3. The molecule has 1 amide bonds. The Morgan fingerprint density at radius 1 is 1.10 bits per heavy atom. The molecule has 0 heterocycles. The van der Waals surface area contributed by atoms with Crippen molar-refractivity contribution in [3.63, 3.8) is 0 Å². The Kier molecular flexibility index (Phi) is 6.16. The number of thioether (sulfide) groups is 1. The summed E-state index contributed by atoms with van der Waals surface area (Å²) in [5, 5.41) is 2.92. The monoisotopic (exact) mass is 301 g/mol. The summed E-state index contributed by atoms with van der Waals surface area (Å²) in [6, 6.07) is 17.9. The van der Waals surface area contributed by atoms with Gasteiger partial charge in [-0.1, -0.05) is 48.5 Å². The van der Waals surface area contributed by atoms with Crippen LogP contribution in [0.25, 0.3) is 0 Å². The van der Waals surface area contributed by atoms with Crippen LogP contribution in [0.4, 0.5) is 0 Å². The van der Waals surface area contributed by atoms with Gasteiger partial charge in [0, 0.05) is 17.9 Å². The standard InChI is InChI=1S/C17H19NO2S/c1-20-16-10-6-5-9-15(16)11-18-17(19)13-21-12-14-7-3-2-4-8-14/h2-10H,11-13H2,1H3,(H,18,19). The molecule has 2 aromatic carbocycles. The van der Waals surface area contributed by atoms with Crippen molar-refractivity contribution in [2.24, 2.45) is 0 Å². The van der Waals surface area contributed by atoms with Crippen molar-refractivity contribution in [1.82, 2.24) is 5.32 Å². The van der Waals surface area contributed by atoms with Gasteiger partial charge in [0.25, 0.3) is 0 Å². The Bertz CT molecular complexity index is 572. The third kappa shape index (κ3) is 5.16. The van der Waals surface area contributed by atoms with E-state index in [-0.39, 0.29) is 5.91 Å². The number of hydrogen-bond acceptors (Lipinski definition) is 3. The lowest BCUT2D eigenvalue weighted by Gasteiger charge is -2.09. The van der Waals surface area contributed by atoms with Crippen LogP contribution in [0.1, 0.15) is 11.1 Å². The maximum atomic E-state index is 11.8. The minimum absolute atomic E-state index is 0.0434. The smallest absolute Gasteiger partial charge is 0.230 e. The molecule has 0 radical (unpaired) electrons. The molecule has 4 heteroatoms. The third-order valence-electron chi connectivity index (χ3n) is 3.01. The van der Waals surface area contributed by atoms with Gasteiger partial charge in [-0.05, 0) is 11.6 Å². The second-order valence-electron chi connectivity index (χ2n) is 4.57. The number of para-hydroxylation sites is 1. The van der Waals surface area contributed by atoms with Crippen LogP contribution in [0.3, 0.4) is 0 Å². The van der Waals surface area contributed by atoms with Crippen LogP contribution >= 0.6 is 11.8 Å². The minimum atomic E-state index is 0.0434. The van der Waals surface area contributed by atoms with E-state index in [1.54, 1.807) is 18.9 Å². The van der Waals surface area contributed by atoms with E-state index in [0.717, 1.165) is 17.1 Å². The minimum Gasteiger partial charge on any atom is -0.496 e. The Labute approximate surface area is 129 Å². The van der Waals surface area contributed by atoms with Crippen molar-refractivity contribution < 1.29 is 9.53 Å². The number of nitrogens with one attached hydrogen (secondary N) is 1. The average molecular weight is 301 g/mol. The van der Waals surface area contributed by atoms with Crippen LogP contribution in [-0.4, -0.2) is 18.8 Å². The Hall–Kier alpha value is -1.94. The van der Waals surface area contributed by atoms with Gasteiger partial charge >= 0.3 is 0 Å². The van der Waals surface area contributed by atoms with Crippen molar-refractivity contribution in [2.75, 3.05) is 12.9 Å². The molecule has 0 aromatic heterocycles. The summed E-state index contributed by atoms with van der Waals surface area (Å²) < 4.78 is 5.26. The average Bonchev–Trinajstić information content (AvgIpc) is 2.54. The fourth-order valence-corrected chi connectivity index (χ4v) is 2.75. The van der Waals surface area contributed by atoms with Crippen molar-refractivity contribution in [2.45, 2.75) is 12.3 Å². The lowest BCUT2D eigenvalue weighted by atomic mass is 10.2. The van der Waals surface area contributed by atoms with Crippen molar-refractivity contribution in [3.8, 4) is 5.75 Å². The maximum absolute atomic E-state index is 11.8. The van der Waals surface area contributed by atoms with E-state index in [0.29, 0.717) is 12.3 Å². The first-order valence-electron chi connectivity index (χ1n) is 6.80. The highest BCUT2D eigenvalue weighted by molar-refractivity contribution is 7.99. The summed E-state index contributed by atoms with van der Waals surface area (Å²) in [7, 11) is 1.64. The van der Waals surface area contributed by atoms with Gasteiger partial charge in [-0.15, -0.1) is 11.8 Å². The topological polar surface area (TPSA) is 38.3 Å². The molecule has 2 aromatic rings. The van der Waals surface area contributed by atoms with Crippen LogP contribution in [0.2, 0.25) is 0 Å². The molecule has 2 rings (SSSR count). The molecule has 110 valence electrons. The Morgan fingerprint density at radius 3 is 2.57 bits per heavy atom. The van der Waals surface area contributed by atoms with Crippen LogP contribution in [0.5, 0.6) is 5.75 Å². The number of ether oxygens (including phenoxy) is 1. The molecular formula is C17H19NO2S. The predicted molar refractivity (Wildman–Crippen MR) is 87.4 cm³/mol. The van der Waals surface area contributed by atoms with Gasteiger partial charge in [0.05, 0.1) is 12.9 Å². The summed E-state index contributed by atoms with van der Waals surface area (Å²) in [4.78, 5) is 11.8. The second-order valence-corrected chi connectivity index (χ2v) is 5.55. The van der Waals surface area contributed by atoms with E-state index in [2.05, 4.69) is 17.4 Å². The molecule has 0 aliphatic heterocycles. The van der Waals surface area contributed by atoms with Gasteiger partial charge in [0.1, 0.15) is 5.75 Å². The number of methoxy groups -OCH3 is 1. The molecule has 1 N–H and O–H groups in total. The highest BCUT2D eigenvalue weighted by atomic mass is 32.2. The van der Waals surface area contributed by atoms with Crippen molar-refractivity contribution in [3.05, 3.63) is 65.7 Å². The lowest BCUT2D eigenvalue weighted by molar-refractivity contribution is -0.118. The molecule has 0 aliphatic rings. The summed E-state index contributed by atoms with van der Waals surface area (Å²) in [6.45, 7) is 0.495. The Morgan fingerprint density at radius 2 is 1.81 bits per heavy atom. The van der Waals surface area contributed by atoms with Crippen molar-refractivity contribution in [1.29, 1.82) is 0 Å². The van der Waals surface area contributed by atoms with Gasteiger partial charge in [-0.3, -0.25) is 4.79 Å². The summed E-state index contributed by atoms with van der Waals surface area (Å²) in [5.74, 6) is 2.16. The highest BCUT2D eigenvalue weighted by Crippen LogP contribution is 2.17. The summed E-state index contributed by atoms with van der Waals surface area (Å²) >= 11 is 1.62. The van der Waals surface area contributed by atoms with Crippen LogP contribution in [0.15, 0.2) is 54.6 Å². The zero-order valence-electron chi connectivity index (χ0n) is 12.0. The van der Waals surface area contributed by atoms with Crippen LogP contribution < -0.4 is 10.1 Å². The highest BCUT2D eigenvalue weighted by Gasteiger charge is 2.05. The van der Waals surface area contributed by atoms with E-state index in [9.17, 15) is 4.79 Å². The molecule has 0 atom stereocenters. The lowest BCUT2D eigenvalue weighted by Crippen LogP contribution is -2.24. The van der Waals surface area contributed by atoms with E-state index < -0.39 is 0 Å². The summed E-state index contributed by atoms with van der Waals surface area (Å²) in [5.41, 5.74) is 2.22. The van der Waals surface area contributed by atoms with Crippen molar-refractivity contribution >= 4 is 17.7 Å². The predicted octanol–water partition coefficient (Wildman–Crippen LogP) is 3.24. The normalized spacial score (nSPS) is 10.1. The number of carbonyl (C=O) groups is 1. The molecule has 3 nitrogen and oxygen atoms in total. The van der Waals surface area contributed by atoms with Crippen LogP contribution in [-0.2, 0) is 17.1 Å². The number of benzene rings is 2. The fraction of sp³-hybridized carbons (Fsp3) is 0.235. The van der Waals surface area contributed by atoms with Gasteiger partial charge in [0.2, 0.25) is 5.91 Å². The maximum Gasteiger partial charge on any atom is 0.230 e. The zero-order chi connectivity index (χ0) is 14.9. The molecule has 21 heavy (non-hydrogen) atoms. The first-order valence-corrected chi connectivity index (χ1v) is 7.95. The largest absolute Gasteiger partial charge is 0.496 e. The van der Waals surface area contributed by atoms with Gasteiger partial charge in [0.15, 0.2) is 0 Å². The SMILES string of the molecule is COc1ccccc1CNC(=O)CSCc1ccccc1. The second kappa shape index (κ2) is 8.37. The molecular weight excluding hydrogens is 282 g/mol. The first kappa shape index (κ1) is 15.4. The molecule has 0 saturated carbocycles. The number of carbonyl (C=O) groups excluding carboxylic acids is 1.